The fourth-order valence-electron chi connectivity index (χ4n) is 4.35. The number of amides is 1. The zero-order valence-electron chi connectivity index (χ0n) is 14.6. The molecule has 2 aromatic heterocycles. The first-order chi connectivity index (χ1) is 12.2. The van der Waals surface area contributed by atoms with E-state index >= 15 is 0 Å². The van der Waals surface area contributed by atoms with Gasteiger partial charge in [-0.15, -0.1) is 0 Å². The molecule has 1 amide bonds. The van der Waals surface area contributed by atoms with Crippen LogP contribution >= 0.6 is 11.3 Å². The van der Waals surface area contributed by atoms with E-state index in [-0.39, 0.29) is 5.91 Å². The molecule has 0 aromatic carbocycles. The van der Waals surface area contributed by atoms with Gasteiger partial charge in [0.25, 0.3) is 0 Å². The van der Waals surface area contributed by atoms with Crippen LogP contribution < -0.4 is 0 Å². The number of thiophene rings is 1. The number of aromatic nitrogens is 1. The fraction of sp³-hybridized carbons (Fsp3) is 0.500. The number of nitrogens with zero attached hydrogens (tertiary/aromatic N) is 3. The second-order valence-electron chi connectivity index (χ2n) is 7.55. The van der Waals surface area contributed by atoms with Gasteiger partial charge in [-0.3, -0.25) is 14.7 Å². The highest BCUT2D eigenvalue weighted by atomic mass is 32.1. The average Bonchev–Trinajstić information content (AvgIpc) is 3.27. The minimum absolute atomic E-state index is 0.253. The molecule has 5 heteroatoms. The smallest absolute Gasteiger partial charge is 0.227 e. The molecular weight excluding hydrogens is 330 g/mol. The zero-order valence-corrected chi connectivity index (χ0v) is 15.4. The maximum Gasteiger partial charge on any atom is 0.227 e. The summed E-state index contributed by atoms with van der Waals surface area (Å²) >= 11 is 1.77. The lowest BCUT2D eigenvalue weighted by atomic mass is 9.79. The third-order valence-electron chi connectivity index (χ3n) is 5.60. The number of rotatable bonds is 4. The van der Waals surface area contributed by atoms with Crippen molar-refractivity contribution < 1.29 is 4.79 Å². The van der Waals surface area contributed by atoms with Gasteiger partial charge in [0.05, 0.1) is 6.42 Å². The van der Waals surface area contributed by atoms with Crippen molar-refractivity contribution in [1.82, 2.24) is 14.8 Å². The molecule has 2 fully saturated rings. The molecule has 0 radical (unpaired) electrons. The van der Waals surface area contributed by atoms with Crippen LogP contribution in [0.15, 0.2) is 41.4 Å². The average molecular weight is 356 g/mol. The molecule has 4 rings (SSSR count). The Kier molecular flexibility index (Phi) is 4.86. The van der Waals surface area contributed by atoms with Gasteiger partial charge in [0.15, 0.2) is 0 Å². The topological polar surface area (TPSA) is 36.4 Å². The van der Waals surface area contributed by atoms with Crippen LogP contribution in [0.4, 0.5) is 0 Å². The van der Waals surface area contributed by atoms with Gasteiger partial charge in [0.2, 0.25) is 5.91 Å². The minimum Gasteiger partial charge on any atom is -0.342 e. The molecule has 0 aliphatic carbocycles. The molecule has 0 saturated carbocycles. The second kappa shape index (κ2) is 7.26. The summed E-state index contributed by atoms with van der Waals surface area (Å²) < 4.78 is 0. The van der Waals surface area contributed by atoms with Crippen LogP contribution in [0.5, 0.6) is 0 Å². The summed E-state index contributed by atoms with van der Waals surface area (Å²) in [6, 6.07) is 6.11. The van der Waals surface area contributed by atoms with Gasteiger partial charge in [-0.1, -0.05) is 6.07 Å². The summed E-state index contributed by atoms with van der Waals surface area (Å²) in [6.07, 6.45) is 7.63. The van der Waals surface area contributed by atoms with Gasteiger partial charge in [-0.2, -0.15) is 11.3 Å². The molecule has 1 atom stereocenters. The third-order valence-corrected chi connectivity index (χ3v) is 6.33. The van der Waals surface area contributed by atoms with E-state index in [0.717, 1.165) is 44.7 Å². The SMILES string of the molecule is O=C(Cc1cccnc1)N1CCC[C@]2(CCN(Cc3ccsc3)C2)C1. The van der Waals surface area contributed by atoms with E-state index in [2.05, 4.69) is 31.6 Å². The van der Waals surface area contributed by atoms with Crippen molar-refractivity contribution in [2.24, 2.45) is 5.41 Å². The van der Waals surface area contributed by atoms with Gasteiger partial charge in [-0.25, -0.2) is 0 Å². The van der Waals surface area contributed by atoms with Crippen molar-refractivity contribution in [3.8, 4) is 0 Å². The van der Waals surface area contributed by atoms with Crippen LogP contribution in [0.2, 0.25) is 0 Å². The molecule has 2 saturated heterocycles. The highest BCUT2D eigenvalue weighted by Gasteiger charge is 2.42. The summed E-state index contributed by atoms with van der Waals surface area (Å²) in [6.45, 7) is 5.16. The zero-order chi connectivity index (χ0) is 17.1. The number of likely N-dealkylation sites (tertiary alicyclic amines) is 2. The van der Waals surface area contributed by atoms with Crippen LogP contribution in [-0.2, 0) is 17.8 Å². The monoisotopic (exact) mass is 355 g/mol. The first kappa shape index (κ1) is 16.7. The Morgan fingerprint density at radius 3 is 2.96 bits per heavy atom. The molecule has 0 bridgehead atoms. The van der Waals surface area contributed by atoms with E-state index in [1.54, 1.807) is 23.7 Å². The number of carbonyl (C=O) groups is 1. The Morgan fingerprint density at radius 1 is 1.20 bits per heavy atom. The first-order valence-electron chi connectivity index (χ1n) is 9.13. The molecule has 2 aliphatic heterocycles. The van der Waals surface area contributed by atoms with Crippen molar-refractivity contribution in [3.63, 3.8) is 0 Å². The Balaban J connectivity index is 1.36. The minimum atomic E-state index is 0.253. The van der Waals surface area contributed by atoms with E-state index in [9.17, 15) is 4.79 Å². The number of piperidine rings is 1. The molecule has 2 aromatic rings. The van der Waals surface area contributed by atoms with E-state index in [1.807, 2.05) is 12.1 Å². The van der Waals surface area contributed by atoms with Crippen molar-refractivity contribution in [2.75, 3.05) is 26.2 Å². The van der Waals surface area contributed by atoms with Gasteiger partial charge in [0, 0.05) is 44.0 Å². The molecule has 4 heterocycles. The van der Waals surface area contributed by atoms with Crippen molar-refractivity contribution in [3.05, 3.63) is 52.5 Å². The molecule has 1 spiro atoms. The first-order valence-corrected chi connectivity index (χ1v) is 10.1. The summed E-state index contributed by atoms with van der Waals surface area (Å²) in [7, 11) is 0. The Bertz CT molecular complexity index is 703. The quantitative estimate of drug-likeness (QED) is 0.845. The largest absolute Gasteiger partial charge is 0.342 e. The van der Waals surface area contributed by atoms with Crippen LogP contribution in [0.1, 0.15) is 30.4 Å². The number of hydrogen-bond donors (Lipinski definition) is 0. The standard InChI is InChI=1S/C20H25N3OS/c24-19(11-17-3-1-7-21-12-17)23-8-2-5-20(16-23)6-9-22(15-20)13-18-4-10-25-14-18/h1,3-4,7,10,12,14H,2,5-6,8-9,11,13,15-16H2/t20-/m1/s1. The van der Waals surface area contributed by atoms with Crippen molar-refractivity contribution in [1.29, 1.82) is 0 Å². The Morgan fingerprint density at radius 2 is 2.16 bits per heavy atom. The molecule has 132 valence electrons. The Hall–Kier alpha value is -1.72. The number of pyridine rings is 1. The fourth-order valence-corrected chi connectivity index (χ4v) is 5.01. The number of carbonyl (C=O) groups excluding carboxylic acids is 1. The normalized spacial score (nSPS) is 24.1. The van der Waals surface area contributed by atoms with Crippen molar-refractivity contribution in [2.45, 2.75) is 32.2 Å². The van der Waals surface area contributed by atoms with Crippen LogP contribution in [0.3, 0.4) is 0 Å². The predicted molar refractivity (Wildman–Crippen MR) is 100 cm³/mol. The predicted octanol–water partition coefficient (Wildman–Crippen LogP) is 3.20. The van der Waals surface area contributed by atoms with Crippen LogP contribution in [0, 0.1) is 5.41 Å². The molecule has 0 N–H and O–H groups in total. The highest BCUT2D eigenvalue weighted by molar-refractivity contribution is 7.07. The third kappa shape index (κ3) is 3.93. The van der Waals surface area contributed by atoms with E-state index in [0.29, 0.717) is 11.8 Å². The van der Waals surface area contributed by atoms with Crippen LogP contribution in [-0.4, -0.2) is 46.9 Å². The van der Waals surface area contributed by atoms with Gasteiger partial charge >= 0.3 is 0 Å². The maximum absolute atomic E-state index is 12.7. The van der Waals surface area contributed by atoms with Gasteiger partial charge < -0.3 is 4.90 Å². The molecular formula is C20H25N3OS. The molecule has 0 unspecified atom stereocenters. The summed E-state index contributed by atoms with van der Waals surface area (Å²) in [5.74, 6) is 0.253. The summed E-state index contributed by atoms with van der Waals surface area (Å²) in [4.78, 5) is 21.5. The van der Waals surface area contributed by atoms with E-state index < -0.39 is 0 Å². The van der Waals surface area contributed by atoms with E-state index in [4.69, 9.17) is 0 Å². The lowest BCUT2D eigenvalue weighted by Crippen LogP contribution is -2.47. The van der Waals surface area contributed by atoms with Gasteiger partial charge in [0.1, 0.15) is 0 Å². The lowest BCUT2D eigenvalue weighted by molar-refractivity contribution is -0.133. The Labute approximate surface area is 153 Å². The second-order valence-corrected chi connectivity index (χ2v) is 8.33. The van der Waals surface area contributed by atoms with Crippen molar-refractivity contribution >= 4 is 17.2 Å². The summed E-state index contributed by atoms with van der Waals surface area (Å²) in [5, 5.41) is 4.40. The molecule has 4 nitrogen and oxygen atoms in total. The molecule has 25 heavy (non-hydrogen) atoms. The van der Waals surface area contributed by atoms with Crippen LogP contribution in [0.25, 0.3) is 0 Å². The maximum atomic E-state index is 12.7. The highest BCUT2D eigenvalue weighted by Crippen LogP contribution is 2.39. The number of hydrogen-bond acceptors (Lipinski definition) is 4. The summed E-state index contributed by atoms with van der Waals surface area (Å²) in [5.41, 5.74) is 2.73. The van der Waals surface area contributed by atoms with Gasteiger partial charge in [-0.05, 0) is 59.8 Å². The molecule has 2 aliphatic rings. The lowest BCUT2D eigenvalue weighted by Gasteiger charge is -2.40. The van der Waals surface area contributed by atoms with E-state index in [1.165, 1.54) is 18.4 Å².